The fraction of sp³-hybridized carbons (Fsp3) is 0.900. The Morgan fingerprint density at radius 1 is 0.471 bits per heavy atom. The molecule has 0 aromatic rings. The van der Waals surface area contributed by atoms with E-state index in [0.29, 0.717) is 11.5 Å². The molecular weight excluding hydrogens is 971 g/mol. The monoisotopic (exact) mass is 1040 g/mol. The Balaban J connectivity index is 0.00000793. The minimum Gasteiger partial charge on any atom is -0.547 e. The number of carbonyl (C=O) groups is 4. The van der Waals surface area contributed by atoms with Crippen molar-refractivity contribution in [3.8, 4) is 0 Å². The van der Waals surface area contributed by atoms with E-state index >= 15 is 0 Å². The average molecular weight is 1040 g/mol. The van der Waals surface area contributed by atoms with Crippen molar-refractivity contribution in [2.45, 2.75) is 124 Å². The average Bonchev–Trinajstić information content (AvgIpc) is 3.28. The molecule has 28 heteroatoms. The van der Waals surface area contributed by atoms with E-state index in [4.69, 9.17) is 37.9 Å². The molecule has 382 valence electrons. The van der Waals surface area contributed by atoms with E-state index in [0.717, 1.165) is 0 Å². The number of aliphatic carboxylic acids is 2. The van der Waals surface area contributed by atoms with Gasteiger partial charge in [-0.05, 0) is 12.8 Å². The molecule has 4 rings (SSSR count). The molecule has 0 bridgehead atoms. The third-order valence-corrected chi connectivity index (χ3v) is 14.8. The maximum atomic E-state index is 13.4. The predicted octanol–water partition coefficient (Wildman–Crippen LogP) is -13.3. The minimum atomic E-state index is -1.57. The fourth-order valence-electron chi connectivity index (χ4n) is 8.62. The molecule has 0 radical (unpaired) electrons. The van der Waals surface area contributed by atoms with Crippen molar-refractivity contribution >= 4 is 45.3 Å². The molecule has 0 spiro atoms. The van der Waals surface area contributed by atoms with Crippen LogP contribution in [0.4, 0.5) is 0 Å². The second kappa shape index (κ2) is 31.6. The summed E-state index contributed by atoms with van der Waals surface area (Å²) in [6, 6.07) is 0. The van der Waals surface area contributed by atoms with Crippen molar-refractivity contribution < 1.29 is 167 Å². The maximum absolute atomic E-state index is 13.4. The van der Waals surface area contributed by atoms with Crippen molar-refractivity contribution in [2.75, 3.05) is 78.5 Å². The van der Waals surface area contributed by atoms with Gasteiger partial charge in [-0.15, -0.1) is 0 Å². The van der Waals surface area contributed by atoms with Crippen LogP contribution in [0.3, 0.4) is 0 Å². The molecular formula is C40H66N2Na2O22S2. The zero-order chi connectivity index (χ0) is 48.8. The van der Waals surface area contributed by atoms with Crippen molar-refractivity contribution in [1.82, 2.24) is 10.6 Å². The van der Waals surface area contributed by atoms with Gasteiger partial charge in [0.05, 0.1) is 76.0 Å². The van der Waals surface area contributed by atoms with Crippen molar-refractivity contribution in [2.24, 2.45) is 23.7 Å². The zero-order valence-corrected chi connectivity index (χ0v) is 44.8. The van der Waals surface area contributed by atoms with Gasteiger partial charge in [0.1, 0.15) is 73.2 Å². The van der Waals surface area contributed by atoms with Gasteiger partial charge in [0.2, 0.25) is 11.8 Å². The van der Waals surface area contributed by atoms with Crippen LogP contribution in [-0.2, 0) is 57.1 Å². The number of carbonyl (C=O) groups excluding carboxylic acids is 4. The molecule has 2 amide bonds. The first-order valence-corrected chi connectivity index (χ1v) is 24.3. The maximum Gasteiger partial charge on any atom is 1.00 e. The number of amides is 2. The molecule has 10 N–H and O–H groups in total. The quantitative estimate of drug-likeness (QED) is 0.0231. The van der Waals surface area contributed by atoms with Crippen molar-refractivity contribution in [1.29, 1.82) is 0 Å². The number of carboxylic acid groups (broad SMARTS) is 2. The number of aliphatic hydroxyl groups excluding tert-OH is 8. The largest absolute Gasteiger partial charge is 1.00 e. The number of hydrogen-bond donors (Lipinski definition) is 10. The summed E-state index contributed by atoms with van der Waals surface area (Å²) in [7, 11) is 5.40. The van der Waals surface area contributed by atoms with Gasteiger partial charge >= 0.3 is 59.1 Å². The van der Waals surface area contributed by atoms with Gasteiger partial charge < -0.3 is 109 Å². The normalized spacial score (nSPS) is 38.4. The summed E-state index contributed by atoms with van der Waals surface area (Å²) in [6.45, 7) is 1.53. The summed E-state index contributed by atoms with van der Waals surface area (Å²) in [5.41, 5.74) is 0. The van der Waals surface area contributed by atoms with Crippen LogP contribution < -0.4 is 80.0 Å². The summed E-state index contributed by atoms with van der Waals surface area (Å²) in [5.74, 6) is -7.79. The molecule has 0 aliphatic carbocycles. The van der Waals surface area contributed by atoms with Gasteiger partial charge in [-0.3, -0.25) is 9.59 Å². The first kappa shape index (κ1) is 64.1. The Kier molecular flexibility index (Phi) is 29.8. The van der Waals surface area contributed by atoms with Crippen LogP contribution >= 0.6 is 21.6 Å². The number of hydrogen-bond acceptors (Lipinski definition) is 24. The molecule has 4 aliphatic rings. The number of rotatable bonds is 25. The number of carboxylic acids is 2. The smallest absolute Gasteiger partial charge is 0.547 e. The van der Waals surface area contributed by atoms with Gasteiger partial charge in [0.15, 0.2) is 0 Å². The topological polar surface area (TPSA) is 374 Å². The summed E-state index contributed by atoms with van der Waals surface area (Å²) < 4.78 is 44.2. The van der Waals surface area contributed by atoms with E-state index in [1.165, 1.54) is 35.8 Å². The third-order valence-electron chi connectivity index (χ3n) is 12.3. The first-order chi connectivity index (χ1) is 31.4. The van der Waals surface area contributed by atoms with Gasteiger partial charge in [-0.1, -0.05) is 35.4 Å². The van der Waals surface area contributed by atoms with Crippen LogP contribution in [0.1, 0.15) is 26.7 Å². The van der Waals surface area contributed by atoms with Crippen LogP contribution in [-0.4, -0.2) is 241 Å². The minimum absolute atomic E-state index is 0. The summed E-state index contributed by atoms with van der Waals surface area (Å²) in [4.78, 5) is 50.2. The van der Waals surface area contributed by atoms with Crippen LogP contribution in [0.5, 0.6) is 0 Å². The van der Waals surface area contributed by atoms with E-state index in [9.17, 15) is 70.2 Å². The molecule has 68 heavy (non-hydrogen) atoms. The summed E-state index contributed by atoms with van der Waals surface area (Å²) in [5, 5.41) is 114. The van der Waals surface area contributed by atoms with Gasteiger partial charge in [-0.25, -0.2) is 0 Å². The molecule has 24 nitrogen and oxygen atoms in total. The standard InChI is InChI=1S/C40H68N2O22S2.2Na/c1-5-17-25(43)31(49)23(63-35(17)39(53)54)15-59-11-19-27(45)29(47)21(13-57-3)61-33(19)37(51)41-7-9-65-66-10-8-42-38(52)34-20(28(46)30(48)22(62-34)14-58-4)12-60-16-24-32(50)26(44)18(6-2)36(64-24)40(55)56;;/h17-36,43-50H,5-16H2,1-4H3,(H,41,51)(H,42,52)(H,53,54)(H,55,56);;/q;2*+1/p-2/t17-,18-,19-,20-,21-,22-,23-,24-,25+,26?,27?,28+,29?,30?,31?,32?,33?,34?,35?,36?;;/m0../s1. The Bertz CT molecular complexity index is 1430. The van der Waals surface area contributed by atoms with E-state index in [-0.39, 0.29) is 98.3 Å². The molecule has 0 saturated carbocycles. The molecule has 20 atom stereocenters. The molecule has 4 aliphatic heterocycles. The Morgan fingerprint density at radius 3 is 1.06 bits per heavy atom. The second-order valence-electron chi connectivity index (χ2n) is 16.6. The Morgan fingerprint density at radius 2 is 0.765 bits per heavy atom. The summed E-state index contributed by atoms with van der Waals surface area (Å²) >= 11 is 0. The number of nitrogens with one attached hydrogen (secondary N) is 2. The van der Waals surface area contributed by atoms with Gasteiger partial charge in [0, 0.05) is 62.5 Å². The second-order valence-corrected chi connectivity index (χ2v) is 19.3. The molecule has 0 aromatic carbocycles. The number of aliphatic hydroxyl groups is 8. The molecule has 0 aromatic heterocycles. The van der Waals surface area contributed by atoms with Crippen molar-refractivity contribution in [3.05, 3.63) is 0 Å². The first-order valence-electron chi connectivity index (χ1n) is 21.8. The predicted molar refractivity (Wildman–Crippen MR) is 224 cm³/mol. The van der Waals surface area contributed by atoms with Crippen LogP contribution in [0.15, 0.2) is 0 Å². The Hall–Kier alpha value is -0.0600. The van der Waals surface area contributed by atoms with E-state index in [1.807, 2.05) is 0 Å². The number of methoxy groups -OCH3 is 2. The van der Waals surface area contributed by atoms with Gasteiger partial charge in [0.25, 0.3) is 0 Å². The van der Waals surface area contributed by atoms with E-state index in [1.54, 1.807) is 13.8 Å². The molecule has 4 fully saturated rings. The van der Waals surface area contributed by atoms with Crippen LogP contribution in [0.2, 0.25) is 0 Å². The zero-order valence-electron chi connectivity index (χ0n) is 39.1. The number of ether oxygens (including phenoxy) is 8. The van der Waals surface area contributed by atoms with E-state index in [2.05, 4.69) is 10.6 Å². The van der Waals surface area contributed by atoms with E-state index < -0.39 is 172 Å². The molecule has 10 unspecified atom stereocenters. The van der Waals surface area contributed by atoms with Crippen molar-refractivity contribution in [3.63, 3.8) is 0 Å². The van der Waals surface area contributed by atoms with Gasteiger partial charge in [-0.2, -0.15) is 0 Å². The molecule has 4 saturated heterocycles. The fourth-order valence-corrected chi connectivity index (χ4v) is 10.4. The third kappa shape index (κ3) is 16.7. The summed E-state index contributed by atoms with van der Waals surface area (Å²) in [6.07, 6.45) is -21.9. The van der Waals surface area contributed by atoms with Crippen LogP contribution in [0.25, 0.3) is 0 Å². The van der Waals surface area contributed by atoms with Crippen LogP contribution in [0, 0.1) is 23.7 Å². The molecule has 4 heterocycles. The SMILES string of the molecule is CC[C@@H]1C(C(=O)[O-])O[C@@H](COC[C@@H]2C(C(=O)NCCSSCCNC(=O)C3O[C@@H](COC)C(O)C(O)[C@@H]3COC[C@@H]3OC(C(=O)[O-])[C@@H](CC)[C@@H](O)C3O)O[C@@H](COC)C(O)[C@@H]2O)C(O)C1O.[Na+].[Na+]. The Labute approximate surface area is 446 Å².